The molecule has 1 aromatic heterocycles. The lowest BCUT2D eigenvalue weighted by Gasteiger charge is -2.27. The molecule has 2 heterocycles. The number of allylic oxidation sites excluding steroid dienone is 1. The maximum atomic E-state index is 13.9. The largest absolute Gasteiger partial charge is 0.506 e. The molecule has 0 aliphatic carbocycles. The Morgan fingerprint density at radius 2 is 2.00 bits per heavy atom. The number of aromatic nitrogens is 1. The van der Waals surface area contributed by atoms with Gasteiger partial charge in [0.1, 0.15) is 23.3 Å². The van der Waals surface area contributed by atoms with Crippen molar-refractivity contribution in [2.75, 3.05) is 20.8 Å². The molecule has 4 rings (SSSR count). The van der Waals surface area contributed by atoms with Crippen molar-refractivity contribution in [2.45, 2.75) is 32.7 Å². The summed E-state index contributed by atoms with van der Waals surface area (Å²) < 4.78 is 19.0. The van der Waals surface area contributed by atoms with Crippen molar-refractivity contribution < 1.29 is 24.1 Å². The number of hydrogen-bond donors (Lipinski definition) is 1. The van der Waals surface area contributed by atoms with Crippen LogP contribution in [0, 0.1) is 0 Å². The van der Waals surface area contributed by atoms with Gasteiger partial charge in [0.25, 0.3) is 5.56 Å². The van der Waals surface area contributed by atoms with Gasteiger partial charge in [-0.1, -0.05) is 52.2 Å². The fourth-order valence-corrected chi connectivity index (χ4v) is 6.15. The number of thiazole rings is 1. The number of carbonyl (C=O) groups is 1. The summed E-state index contributed by atoms with van der Waals surface area (Å²) in [5.41, 5.74) is 1.34. The van der Waals surface area contributed by atoms with E-state index in [1.165, 1.54) is 18.8 Å². The minimum Gasteiger partial charge on any atom is -0.506 e. The third kappa shape index (κ3) is 5.25. The van der Waals surface area contributed by atoms with E-state index in [9.17, 15) is 14.7 Å². The number of fused-ring (bicyclic) bond motifs is 1. The first-order valence-electron chi connectivity index (χ1n) is 11.9. The highest BCUT2D eigenvalue weighted by Gasteiger charge is 2.36. The number of phenolic OH excluding ortho intramolecular Hbond substituents is 1. The highest BCUT2D eigenvalue weighted by atomic mass is 79.9. The Bertz CT molecular complexity index is 1610. The Kier molecular flexibility index (Phi) is 8.64. The Labute approximate surface area is 236 Å². The van der Waals surface area contributed by atoms with Gasteiger partial charge in [-0.15, -0.1) is 0 Å². The number of nitrogens with zero attached hydrogens (tertiary/aromatic N) is 2. The van der Waals surface area contributed by atoms with Crippen LogP contribution in [-0.4, -0.2) is 36.5 Å². The molecule has 0 amide bonds. The molecular formula is C27H26BrClN2O6S. The lowest BCUT2D eigenvalue weighted by Crippen LogP contribution is -2.40. The van der Waals surface area contributed by atoms with Gasteiger partial charge in [0.15, 0.2) is 4.80 Å². The number of rotatable bonds is 8. The van der Waals surface area contributed by atoms with Crippen molar-refractivity contribution in [2.24, 2.45) is 4.99 Å². The summed E-state index contributed by atoms with van der Waals surface area (Å²) >= 11 is 10.7. The van der Waals surface area contributed by atoms with Crippen LogP contribution in [0.1, 0.15) is 43.9 Å². The molecule has 38 heavy (non-hydrogen) atoms. The van der Waals surface area contributed by atoms with Crippen molar-refractivity contribution in [3.63, 3.8) is 0 Å². The van der Waals surface area contributed by atoms with E-state index in [0.717, 1.165) is 17.8 Å². The lowest BCUT2D eigenvalue weighted by atomic mass is 9.93. The molecule has 8 nitrogen and oxygen atoms in total. The quantitative estimate of drug-likeness (QED) is 0.366. The van der Waals surface area contributed by atoms with Crippen LogP contribution in [-0.2, 0) is 9.53 Å². The van der Waals surface area contributed by atoms with Gasteiger partial charge in [0, 0.05) is 15.6 Å². The van der Waals surface area contributed by atoms with Gasteiger partial charge in [-0.3, -0.25) is 9.36 Å². The average Bonchev–Trinajstić information content (AvgIpc) is 3.20. The predicted molar refractivity (Wildman–Crippen MR) is 150 cm³/mol. The number of halogens is 2. The summed E-state index contributed by atoms with van der Waals surface area (Å²) in [6.45, 7) is 3.88. The summed E-state index contributed by atoms with van der Waals surface area (Å²) in [6.07, 6.45) is 2.79. The highest BCUT2D eigenvalue weighted by molar-refractivity contribution is 9.10. The second-order valence-electron chi connectivity index (χ2n) is 8.35. The number of benzene rings is 2. The van der Waals surface area contributed by atoms with Crippen LogP contribution in [0.5, 0.6) is 17.2 Å². The highest BCUT2D eigenvalue weighted by Crippen LogP contribution is 2.39. The Balaban J connectivity index is 2.08. The van der Waals surface area contributed by atoms with Gasteiger partial charge in [-0.25, -0.2) is 9.79 Å². The topological polar surface area (TPSA) is 99.4 Å². The number of carbonyl (C=O) groups excluding carboxylic acids is 1. The molecule has 2 aromatic carbocycles. The molecule has 0 bridgehead atoms. The molecule has 0 unspecified atom stereocenters. The molecule has 200 valence electrons. The van der Waals surface area contributed by atoms with Crippen LogP contribution in [0.2, 0.25) is 5.02 Å². The molecule has 0 spiro atoms. The van der Waals surface area contributed by atoms with E-state index >= 15 is 0 Å². The van der Waals surface area contributed by atoms with Crippen molar-refractivity contribution in [1.82, 2.24) is 4.57 Å². The molecule has 1 aliphatic heterocycles. The Morgan fingerprint density at radius 1 is 1.24 bits per heavy atom. The van der Waals surface area contributed by atoms with E-state index < -0.39 is 17.6 Å². The Hall–Kier alpha value is -3.08. The van der Waals surface area contributed by atoms with Crippen LogP contribution in [0.15, 0.2) is 55.9 Å². The fraction of sp³-hybridized carbons (Fsp3) is 0.296. The number of aromatic hydroxyl groups is 1. The van der Waals surface area contributed by atoms with E-state index in [0.29, 0.717) is 48.6 Å². The van der Waals surface area contributed by atoms with Crippen LogP contribution in [0.4, 0.5) is 0 Å². The number of esters is 1. The molecule has 0 saturated heterocycles. The summed E-state index contributed by atoms with van der Waals surface area (Å²) in [7, 11) is 3.06. The molecule has 1 atom stereocenters. The van der Waals surface area contributed by atoms with Crippen molar-refractivity contribution >= 4 is 50.9 Å². The van der Waals surface area contributed by atoms with Crippen LogP contribution in [0.3, 0.4) is 0 Å². The number of phenols is 1. The second-order valence-corrected chi connectivity index (χ2v) is 10.7. The maximum absolute atomic E-state index is 13.9. The smallest absolute Gasteiger partial charge is 0.338 e. The zero-order valence-corrected chi connectivity index (χ0v) is 24.4. The minimum atomic E-state index is -0.876. The normalized spacial score (nSPS) is 15.2. The predicted octanol–water partition coefficient (Wildman–Crippen LogP) is 4.72. The monoisotopic (exact) mass is 620 g/mol. The molecule has 0 saturated carbocycles. The first-order chi connectivity index (χ1) is 18.2. The van der Waals surface area contributed by atoms with Gasteiger partial charge in [0.2, 0.25) is 0 Å². The number of hydrogen-bond acceptors (Lipinski definition) is 8. The van der Waals surface area contributed by atoms with Gasteiger partial charge in [-0.2, -0.15) is 0 Å². The third-order valence-electron chi connectivity index (χ3n) is 5.97. The molecule has 1 N–H and O–H groups in total. The van der Waals surface area contributed by atoms with E-state index in [1.54, 1.807) is 43.3 Å². The van der Waals surface area contributed by atoms with Crippen LogP contribution in [0.25, 0.3) is 6.08 Å². The molecule has 0 radical (unpaired) electrons. The summed E-state index contributed by atoms with van der Waals surface area (Å²) in [4.78, 5) is 32.5. The first-order valence-corrected chi connectivity index (χ1v) is 13.8. The summed E-state index contributed by atoms with van der Waals surface area (Å²) in [5.74, 6) is 0.307. The Morgan fingerprint density at radius 3 is 2.66 bits per heavy atom. The van der Waals surface area contributed by atoms with E-state index in [4.69, 9.17) is 30.8 Å². The fourth-order valence-electron chi connectivity index (χ4n) is 4.31. The average molecular weight is 622 g/mol. The second kappa shape index (κ2) is 11.8. The van der Waals surface area contributed by atoms with Gasteiger partial charge >= 0.3 is 5.97 Å². The summed E-state index contributed by atoms with van der Waals surface area (Å²) in [5, 5.41) is 10.7. The lowest BCUT2D eigenvalue weighted by molar-refractivity contribution is -0.139. The standard InChI is InChI=1S/C27H26BrClN2O6S/c1-5-7-19-22(26(34)37-6-2)23(17-13-16(35-3)8-9-20(17)36-4)31-25(33)21(38-27(31)30-19)11-14-10-15(28)12-18(29)24(14)32/h8-13,23,32H,5-7H2,1-4H3/b21-11-/t23-/m1/s1. The van der Waals surface area contributed by atoms with Crippen molar-refractivity contribution in [1.29, 1.82) is 0 Å². The van der Waals surface area contributed by atoms with Gasteiger partial charge in [-0.05, 0) is 49.8 Å². The van der Waals surface area contributed by atoms with E-state index in [2.05, 4.69) is 15.9 Å². The number of methoxy groups -OCH3 is 2. The van der Waals surface area contributed by atoms with Gasteiger partial charge < -0.3 is 19.3 Å². The van der Waals surface area contributed by atoms with Gasteiger partial charge in [0.05, 0.1) is 41.7 Å². The zero-order chi connectivity index (χ0) is 27.6. The zero-order valence-electron chi connectivity index (χ0n) is 21.2. The van der Waals surface area contributed by atoms with E-state index in [-0.39, 0.29) is 23.0 Å². The van der Waals surface area contributed by atoms with Crippen LogP contribution < -0.4 is 24.4 Å². The molecule has 11 heteroatoms. The van der Waals surface area contributed by atoms with Crippen molar-refractivity contribution in [3.8, 4) is 17.2 Å². The van der Waals surface area contributed by atoms with E-state index in [1.807, 2.05) is 6.92 Å². The number of ether oxygens (including phenoxy) is 3. The van der Waals surface area contributed by atoms with Crippen molar-refractivity contribution in [3.05, 3.63) is 81.9 Å². The molecule has 1 aliphatic rings. The SMILES string of the molecule is CCCC1=C(C(=O)OCC)[C@@H](c2cc(OC)ccc2OC)n2c(s/c(=C\c3cc(Br)cc(Cl)c3O)c2=O)=N1. The van der Waals surface area contributed by atoms with Crippen LogP contribution >= 0.6 is 38.9 Å². The third-order valence-corrected chi connectivity index (χ3v) is 7.70. The minimum absolute atomic E-state index is 0.146. The molecular weight excluding hydrogens is 596 g/mol. The molecule has 0 fully saturated rings. The summed E-state index contributed by atoms with van der Waals surface area (Å²) in [6, 6.07) is 7.57. The first kappa shape index (κ1) is 27.9. The molecule has 3 aromatic rings. The maximum Gasteiger partial charge on any atom is 0.338 e.